The Kier molecular flexibility index (Phi) is 16.2. The van der Waals surface area contributed by atoms with Gasteiger partial charge in [0.1, 0.15) is 0 Å². The van der Waals surface area contributed by atoms with Crippen molar-refractivity contribution in [2.45, 2.75) is 152 Å². The second kappa shape index (κ2) is 21.7. The van der Waals surface area contributed by atoms with Crippen LogP contribution in [0.3, 0.4) is 0 Å². The number of aryl methyl sites for hydroxylation is 4. The van der Waals surface area contributed by atoms with Crippen molar-refractivity contribution in [2.24, 2.45) is 29.1 Å². The van der Waals surface area contributed by atoms with Crippen LogP contribution in [-0.4, -0.2) is 20.9 Å². The molecule has 4 aromatic carbocycles. The zero-order valence-corrected chi connectivity index (χ0v) is 44.0. The van der Waals surface area contributed by atoms with Crippen molar-refractivity contribution in [3.8, 4) is 22.5 Å². The number of aliphatic hydroxyl groups excluding tert-OH is 1. The van der Waals surface area contributed by atoms with Crippen molar-refractivity contribution in [1.82, 2.24) is 9.97 Å². The van der Waals surface area contributed by atoms with Crippen LogP contribution in [0.4, 0.5) is 0 Å². The molecule has 5 heteroatoms. The van der Waals surface area contributed by atoms with E-state index in [4.69, 9.17) is 6.35 Å². The summed E-state index contributed by atoms with van der Waals surface area (Å²) in [4.78, 5) is 21.3. The van der Waals surface area contributed by atoms with E-state index in [9.17, 15) is 9.90 Å². The monoisotopic (exact) mass is 1060 g/mol. The number of fused-ring (bicyclic) bond motifs is 2. The number of benzene rings is 4. The predicted octanol–water partition coefficient (Wildman–Crippen LogP) is 16.5. The van der Waals surface area contributed by atoms with Gasteiger partial charge in [0.05, 0.1) is 7.13 Å². The van der Waals surface area contributed by atoms with Crippen LogP contribution in [0.15, 0.2) is 97.0 Å². The van der Waals surface area contributed by atoms with Gasteiger partial charge >= 0.3 is 0 Å². The molecule has 0 spiro atoms. The summed E-state index contributed by atoms with van der Waals surface area (Å²) in [5, 5.41) is 14.6. The number of hydrogen-bond donors (Lipinski definition) is 1. The van der Waals surface area contributed by atoms with Crippen molar-refractivity contribution in [2.75, 3.05) is 0 Å². The van der Waals surface area contributed by atoms with E-state index in [1.54, 1.807) is 5.56 Å². The van der Waals surface area contributed by atoms with E-state index < -0.39 is 0 Å². The Morgan fingerprint density at radius 3 is 1.77 bits per heavy atom. The molecule has 0 saturated heterocycles. The van der Waals surface area contributed by atoms with Crippen LogP contribution in [0.2, 0.25) is 0 Å². The summed E-state index contributed by atoms with van der Waals surface area (Å²) in [5.41, 5.74) is 11.8. The van der Waals surface area contributed by atoms with Gasteiger partial charge in [0, 0.05) is 49.9 Å². The maximum Gasteiger partial charge on any atom is 0.164 e. The molecule has 0 amide bonds. The second-order valence-electron chi connectivity index (χ2n) is 20.8. The van der Waals surface area contributed by atoms with Crippen molar-refractivity contribution in [1.29, 1.82) is 0 Å². The van der Waals surface area contributed by atoms with Gasteiger partial charge in [-0.15, -0.1) is 69.8 Å². The van der Waals surface area contributed by atoms with Gasteiger partial charge in [-0.3, -0.25) is 4.79 Å². The molecule has 0 unspecified atom stereocenters. The number of nitrogens with zero attached hydrogens (tertiary/aromatic N) is 2. The third-order valence-corrected chi connectivity index (χ3v) is 15.5. The average molecular weight is 1060 g/mol. The number of rotatable bonds is 11. The minimum Gasteiger partial charge on any atom is -0.512 e. The van der Waals surface area contributed by atoms with E-state index in [-0.39, 0.29) is 43.0 Å². The van der Waals surface area contributed by atoms with Gasteiger partial charge in [-0.2, -0.15) is 0 Å². The van der Waals surface area contributed by atoms with Crippen LogP contribution in [0.25, 0.3) is 44.1 Å². The van der Waals surface area contributed by atoms with E-state index >= 15 is 0 Å². The standard InChI is InChI=1S/C27H28N.C20H20N.C14H26O2.Ir/c1-17-7-18(2)9-23(8-17)26-25-4-3-24(13-22(25)5-6-28-26)27-14-19-10-20(15-27)12-21(11-19)16-27;1-13(2)16-5-6-19-17(12-16)7-8-21-20(19)18-10-14(3)9-15(4)11-18;1-6-11(7-2)12(15)10-13(16)14(5,8-3)9-4;/h3-8,13,19-21H,10-12,14-16H2,1-2H3;5-10,12-13H,1-4H3;10-11,15H,6-9H2,1-5H3;/q2*-1;;/b;;12-10-;/i;8D;;. The van der Waals surface area contributed by atoms with Crippen molar-refractivity contribution < 1.29 is 31.4 Å². The van der Waals surface area contributed by atoms with Crippen molar-refractivity contribution >= 4 is 27.3 Å². The molecule has 4 saturated carbocycles. The van der Waals surface area contributed by atoms with Gasteiger partial charge in [0.2, 0.25) is 0 Å². The summed E-state index contributed by atoms with van der Waals surface area (Å²) in [6, 6.07) is 33.2. The molecule has 4 aliphatic rings. The van der Waals surface area contributed by atoms with Crippen molar-refractivity contribution in [3.63, 3.8) is 0 Å². The van der Waals surface area contributed by atoms with E-state index in [0.717, 1.165) is 82.3 Å². The normalized spacial score (nSPS) is 20.1. The summed E-state index contributed by atoms with van der Waals surface area (Å²) in [7, 11) is 0. The van der Waals surface area contributed by atoms with Gasteiger partial charge in [-0.1, -0.05) is 113 Å². The summed E-state index contributed by atoms with van der Waals surface area (Å²) < 4.78 is 8.03. The smallest absolute Gasteiger partial charge is 0.164 e. The number of pyridine rings is 2. The van der Waals surface area contributed by atoms with E-state index in [1.807, 2.05) is 53.8 Å². The number of allylic oxidation sites excluding steroid dienone is 2. The SMILES string of the molecule is CCC(CC)/C(O)=C/C(=O)C(C)(CC)CC.Cc1[c-]c(-c2nccc3cc(C45CC6CC(CC(C6)C4)C5)ccc23)cc(C)c1.[2H]c1cc2cc(C(C)C)ccc2c(-c2[c-]c(C)cc(C)c2)n1.[Ir]. The quantitative estimate of drug-likeness (QED) is 0.0798. The molecule has 2 aromatic heterocycles. The predicted molar refractivity (Wildman–Crippen MR) is 273 cm³/mol. The summed E-state index contributed by atoms with van der Waals surface area (Å²) in [6.07, 6.45) is 15.9. The van der Waals surface area contributed by atoms with Crippen LogP contribution in [0, 0.1) is 68.9 Å². The minimum absolute atomic E-state index is 0. The van der Waals surface area contributed by atoms with Crippen LogP contribution in [-0.2, 0) is 30.3 Å². The van der Waals surface area contributed by atoms with E-state index in [2.05, 4.69) is 118 Å². The van der Waals surface area contributed by atoms with E-state index in [0.29, 0.717) is 17.5 Å². The van der Waals surface area contributed by atoms with Crippen LogP contribution >= 0.6 is 0 Å². The number of aliphatic hydroxyl groups is 1. The van der Waals surface area contributed by atoms with Gasteiger partial charge in [-0.25, -0.2) is 0 Å². The molecule has 10 rings (SSSR count). The second-order valence-corrected chi connectivity index (χ2v) is 20.8. The third-order valence-electron chi connectivity index (χ3n) is 15.5. The van der Waals surface area contributed by atoms with Crippen molar-refractivity contribution in [3.05, 3.63) is 143 Å². The maximum atomic E-state index is 12.0. The first-order valence-electron chi connectivity index (χ1n) is 25.2. The van der Waals surface area contributed by atoms with Gasteiger partial charge < -0.3 is 15.1 Å². The third kappa shape index (κ3) is 11.3. The van der Waals surface area contributed by atoms with E-state index in [1.165, 1.54) is 77.6 Å². The Bertz CT molecular complexity index is 2650. The molecular formula is C61H74IrN2O2-2. The zero-order valence-electron chi connectivity index (χ0n) is 42.6. The maximum absolute atomic E-state index is 12.0. The molecular weight excluding hydrogens is 985 g/mol. The van der Waals surface area contributed by atoms with Crippen LogP contribution in [0.5, 0.6) is 0 Å². The summed E-state index contributed by atoms with van der Waals surface area (Å²) in [6.45, 7) is 22.8. The van der Waals surface area contributed by atoms with Gasteiger partial charge in [0.15, 0.2) is 5.78 Å². The number of hydrogen-bond acceptors (Lipinski definition) is 4. The number of aromatic nitrogens is 2. The molecule has 6 aromatic rings. The molecule has 66 heavy (non-hydrogen) atoms. The average Bonchev–Trinajstić information content (AvgIpc) is 3.27. The fourth-order valence-corrected chi connectivity index (χ4v) is 11.7. The Morgan fingerprint density at radius 2 is 1.27 bits per heavy atom. The van der Waals surface area contributed by atoms with Crippen LogP contribution < -0.4 is 0 Å². The number of ketones is 1. The molecule has 351 valence electrons. The topological polar surface area (TPSA) is 63.1 Å². The largest absolute Gasteiger partial charge is 0.512 e. The van der Waals surface area contributed by atoms with Crippen LogP contribution in [0.1, 0.15) is 153 Å². The van der Waals surface area contributed by atoms with Gasteiger partial charge in [-0.05, 0) is 149 Å². The Balaban J connectivity index is 0.000000172. The molecule has 4 nitrogen and oxygen atoms in total. The molecule has 1 radical (unpaired) electrons. The number of carbonyl (C=O) groups is 1. The molecule has 0 atom stereocenters. The Hall–Kier alpha value is -4.44. The summed E-state index contributed by atoms with van der Waals surface area (Å²) in [5.74, 6) is 3.87. The molecule has 4 aliphatic carbocycles. The summed E-state index contributed by atoms with van der Waals surface area (Å²) >= 11 is 0. The fraction of sp³-hybridized carbons (Fsp3) is 0.459. The fourth-order valence-electron chi connectivity index (χ4n) is 11.7. The zero-order chi connectivity index (χ0) is 47.5. The first-order valence-corrected chi connectivity index (χ1v) is 24.7. The number of carbonyl (C=O) groups excluding carboxylic acids is 1. The minimum atomic E-state index is -0.319. The first kappa shape index (κ1) is 49.5. The molecule has 2 heterocycles. The van der Waals surface area contributed by atoms with Gasteiger partial charge in [0.25, 0.3) is 0 Å². The molecule has 1 N–H and O–H groups in total. The molecule has 0 aliphatic heterocycles. The molecule has 4 bridgehead atoms. The molecule has 4 fully saturated rings. The first-order chi connectivity index (χ1) is 31.5. The Morgan fingerprint density at radius 1 is 0.758 bits per heavy atom. The Labute approximate surface area is 412 Å².